The number of ether oxygens (including phenoxy) is 7. The third kappa shape index (κ3) is 7.76. The molecule has 3 aliphatic heterocycles. The van der Waals surface area contributed by atoms with Crippen LogP contribution in [-0.2, 0) is 52.3 Å². The number of esters is 1. The van der Waals surface area contributed by atoms with Crippen LogP contribution in [0.4, 0.5) is 0 Å². The van der Waals surface area contributed by atoms with Gasteiger partial charge in [-0.15, -0.1) is 0 Å². The molecule has 0 spiro atoms. The van der Waals surface area contributed by atoms with Crippen molar-refractivity contribution < 1.29 is 103 Å². The van der Waals surface area contributed by atoms with E-state index in [-0.39, 0.29) is 46.0 Å². The van der Waals surface area contributed by atoms with Crippen LogP contribution in [0.25, 0.3) is 0 Å². The number of aliphatic hydroxyl groups excluding tert-OH is 6. The Morgan fingerprint density at radius 3 is 2.09 bits per heavy atom. The van der Waals surface area contributed by atoms with Crippen LogP contribution in [0.3, 0.4) is 0 Å². The van der Waals surface area contributed by atoms with Crippen LogP contribution in [0.15, 0.2) is 11.6 Å². The molecule has 0 radical (unpaired) electrons. The van der Waals surface area contributed by atoms with Crippen molar-refractivity contribution in [3.8, 4) is 0 Å². The van der Waals surface area contributed by atoms with Crippen molar-refractivity contribution in [3.63, 3.8) is 0 Å². The monoisotopic (exact) mass is 970 g/mol. The molecule has 3 heterocycles. The normalized spacial score (nSPS) is 50.7. The average molecular weight is 971 g/mol. The minimum atomic E-state index is -3.37. The molecule has 0 bridgehead atoms. The van der Waals surface area contributed by atoms with E-state index in [1.807, 2.05) is 6.92 Å². The Labute approximate surface area is 393 Å². The van der Waals surface area contributed by atoms with Crippen molar-refractivity contribution in [2.24, 2.45) is 50.2 Å². The summed E-state index contributed by atoms with van der Waals surface area (Å²) < 4.78 is 39.8. The Morgan fingerprint density at radius 2 is 1.46 bits per heavy atom. The fourth-order valence-corrected chi connectivity index (χ4v) is 14.8. The number of allylic oxidation sites excluding steroid dienone is 2. The molecule has 4 saturated carbocycles. The summed E-state index contributed by atoms with van der Waals surface area (Å²) in [7, 11) is 0. The van der Waals surface area contributed by atoms with E-state index in [9.17, 15) is 70.2 Å². The molecule has 3 saturated heterocycles. The molecule has 68 heavy (non-hydrogen) atoms. The number of rotatable bonds is 11. The van der Waals surface area contributed by atoms with Crippen molar-refractivity contribution in [2.75, 3.05) is 19.8 Å². The molecule has 21 atom stereocenters. The van der Waals surface area contributed by atoms with Crippen LogP contribution in [-0.4, -0.2) is 174 Å². The third-order valence-corrected chi connectivity index (χ3v) is 18.8. The molecule has 10 N–H and O–H groups in total. The number of hydrogen-bond acceptors (Lipinski definition) is 18. The van der Waals surface area contributed by atoms with Crippen LogP contribution in [0.1, 0.15) is 106 Å². The summed E-state index contributed by atoms with van der Waals surface area (Å²) in [5, 5.41) is 105. The topological polar surface area (TPSA) is 335 Å². The smallest absolute Gasteiger partial charge is 0.369 e. The van der Waals surface area contributed by atoms with Gasteiger partial charge in [0, 0.05) is 5.41 Å². The number of fused-ring (bicyclic) bond motifs is 8. The highest BCUT2D eigenvalue weighted by molar-refractivity contribution is 5.79. The fraction of sp³-hybridized carbons (Fsp3) is 0.872. The Morgan fingerprint density at radius 1 is 0.765 bits per heavy atom. The second-order valence-corrected chi connectivity index (χ2v) is 22.8. The molecule has 0 aromatic carbocycles. The van der Waals surface area contributed by atoms with E-state index < -0.39 is 128 Å². The Bertz CT molecular complexity index is 2010. The van der Waals surface area contributed by atoms with Crippen molar-refractivity contribution >= 4 is 23.9 Å². The Balaban J connectivity index is 1.05. The summed E-state index contributed by atoms with van der Waals surface area (Å²) in [6.07, 6.45) is -11.8. The van der Waals surface area contributed by atoms with Gasteiger partial charge in [-0.25, -0.2) is 14.4 Å². The van der Waals surface area contributed by atoms with Crippen molar-refractivity contribution in [2.45, 2.75) is 185 Å². The predicted molar refractivity (Wildman–Crippen MR) is 227 cm³/mol. The van der Waals surface area contributed by atoms with E-state index in [4.69, 9.17) is 33.2 Å². The van der Waals surface area contributed by atoms with Crippen molar-refractivity contribution in [3.05, 3.63) is 11.6 Å². The molecule has 5 aliphatic carbocycles. The Kier molecular flexibility index (Phi) is 13.4. The van der Waals surface area contributed by atoms with Gasteiger partial charge in [-0.1, -0.05) is 53.2 Å². The summed E-state index contributed by atoms with van der Waals surface area (Å²) in [5.41, 5.74) is -1.89. The molecule has 0 amide bonds. The van der Waals surface area contributed by atoms with Gasteiger partial charge >= 0.3 is 29.7 Å². The quantitative estimate of drug-likeness (QED) is 0.0772. The molecule has 21 heteroatoms. The van der Waals surface area contributed by atoms with E-state index in [1.165, 1.54) is 5.57 Å². The maximum atomic E-state index is 14.7. The molecule has 0 aromatic rings. The van der Waals surface area contributed by atoms with E-state index in [0.29, 0.717) is 51.4 Å². The van der Waals surface area contributed by atoms with Crippen LogP contribution >= 0.6 is 0 Å². The summed E-state index contributed by atoms with van der Waals surface area (Å²) >= 11 is 0. The van der Waals surface area contributed by atoms with Crippen LogP contribution in [0.5, 0.6) is 0 Å². The van der Waals surface area contributed by atoms with Crippen LogP contribution < -0.4 is 0 Å². The Hall–Kier alpha value is -2.90. The van der Waals surface area contributed by atoms with Gasteiger partial charge < -0.3 is 84.2 Å². The first-order chi connectivity index (χ1) is 31.7. The SMILES string of the molecule is CC1(C)CC[C@@]2(C(=O)O[C@H]3O[C@@H](CO)[C@H](O)[C@@H](O)[C@@H]3O)CC[C@]3(C)C(=CC[C@@H]4[C@@]5(C)CC[C@@H](O[C@@H]6O[C@@H](C(=O)O)[C@@H]7O[C@](O)(C(=O)O)[C@@H](OCC(=O)O)O[C@@H]7[C@H]6O)[C@](C)(CO)[C@@H]5CC[C@]43C)[C@H]2C1. The van der Waals surface area contributed by atoms with E-state index in [1.54, 1.807) is 0 Å². The molecule has 0 unspecified atom stereocenters. The molecular formula is C47H70O21. The highest BCUT2D eigenvalue weighted by atomic mass is 16.8. The molecule has 384 valence electrons. The maximum Gasteiger partial charge on any atom is 0.369 e. The number of carbonyl (C=O) groups is 4. The number of aliphatic hydroxyl groups is 7. The first-order valence-electron chi connectivity index (χ1n) is 23.9. The van der Waals surface area contributed by atoms with Gasteiger partial charge in [0.2, 0.25) is 12.6 Å². The zero-order valence-corrected chi connectivity index (χ0v) is 39.4. The maximum absolute atomic E-state index is 14.7. The minimum absolute atomic E-state index is 0.0941. The van der Waals surface area contributed by atoms with Crippen molar-refractivity contribution in [1.29, 1.82) is 0 Å². The second-order valence-electron chi connectivity index (χ2n) is 22.8. The van der Waals surface area contributed by atoms with Crippen LogP contribution in [0.2, 0.25) is 0 Å². The fourth-order valence-electron chi connectivity index (χ4n) is 14.8. The zero-order chi connectivity index (χ0) is 49.9. The zero-order valence-electron chi connectivity index (χ0n) is 39.4. The lowest BCUT2D eigenvalue weighted by Crippen LogP contribution is -2.72. The lowest BCUT2D eigenvalue weighted by atomic mass is 9.33. The number of carbonyl (C=O) groups excluding carboxylic acids is 1. The molecule has 21 nitrogen and oxygen atoms in total. The van der Waals surface area contributed by atoms with Gasteiger partial charge in [0.05, 0.1) is 24.7 Å². The van der Waals surface area contributed by atoms with Gasteiger partial charge in [0.15, 0.2) is 12.4 Å². The predicted octanol–water partition coefficient (Wildman–Crippen LogP) is 0.644. The second kappa shape index (κ2) is 17.7. The standard InChI is InChI=1S/C47H70O21/c1-41(2)13-15-46(39(60)67-36-30(54)29(53)28(52)23(18-48)63-36)16-14-44(5)21(22(46)17-41)7-8-25-42(3)11-10-26(43(4,20-49)24(42)9-12-45(25,44)6)64-37-31(55)32-33(34(65-37)35(56)57)68-47(61,38(58)59)40(66-32)62-19-27(50)51/h7,22-26,28-34,36-37,40,48-49,52-55,61H,8-20H2,1-6H3,(H,50,51)(H,56,57)(H,58,59)/t22-,23+,24-,25-,26-,28+,29-,30+,31-,32-,33-,34-,36-,37-,40+,42+,43-,44-,45-,46-,47-/m1/s1. The lowest BCUT2D eigenvalue weighted by molar-refractivity contribution is -0.435. The molecule has 0 aromatic heterocycles. The minimum Gasteiger partial charge on any atom is -0.480 e. The van der Waals surface area contributed by atoms with E-state index in [0.717, 1.165) is 12.8 Å². The molecule has 8 aliphatic rings. The van der Waals surface area contributed by atoms with Gasteiger partial charge in [0.1, 0.15) is 49.3 Å². The molecule has 7 fully saturated rings. The number of carboxylic acids is 3. The van der Waals surface area contributed by atoms with E-state index >= 15 is 0 Å². The number of hydrogen-bond donors (Lipinski definition) is 10. The highest BCUT2D eigenvalue weighted by Gasteiger charge is 2.71. The number of aliphatic carboxylic acids is 3. The first kappa shape index (κ1) is 51.5. The summed E-state index contributed by atoms with van der Waals surface area (Å²) in [4.78, 5) is 50.7. The lowest BCUT2D eigenvalue weighted by Gasteiger charge is -2.71. The number of carboxylic acid groups (broad SMARTS) is 3. The van der Waals surface area contributed by atoms with Crippen molar-refractivity contribution in [1.82, 2.24) is 0 Å². The first-order valence-corrected chi connectivity index (χ1v) is 23.9. The summed E-state index contributed by atoms with van der Waals surface area (Å²) in [6.45, 7) is 11.1. The van der Waals surface area contributed by atoms with Gasteiger partial charge in [-0.05, 0) is 104 Å². The summed E-state index contributed by atoms with van der Waals surface area (Å²) in [5.74, 6) is -9.47. The van der Waals surface area contributed by atoms with E-state index in [2.05, 4.69) is 40.7 Å². The summed E-state index contributed by atoms with van der Waals surface area (Å²) in [6, 6.07) is 0. The van der Waals surface area contributed by atoms with Gasteiger partial charge in [-0.2, -0.15) is 0 Å². The van der Waals surface area contributed by atoms with Gasteiger partial charge in [0.25, 0.3) is 0 Å². The molecule has 8 rings (SSSR count). The largest absolute Gasteiger partial charge is 0.480 e. The van der Waals surface area contributed by atoms with Crippen LogP contribution in [0, 0.1) is 50.2 Å². The average Bonchev–Trinajstić information content (AvgIpc) is 3.27. The highest BCUT2D eigenvalue weighted by Crippen LogP contribution is 2.76. The third-order valence-electron chi connectivity index (χ3n) is 18.8. The molecular weight excluding hydrogens is 900 g/mol. The van der Waals surface area contributed by atoms with Gasteiger partial charge in [-0.3, -0.25) is 4.79 Å².